The van der Waals surface area contributed by atoms with Gasteiger partial charge in [-0.15, -0.1) is 11.3 Å². The Morgan fingerprint density at radius 3 is 2.82 bits per heavy atom. The molecule has 0 saturated carbocycles. The Hall–Kier alpha value is -2.41. The van der Waals surface area contributed by atoms with E-state index in [0.717, 1.165) is 50.4 Å². The quantitative estimate of drug-likeness (QED) is 0.172. The van der Waals surface area contributed by atoms with Gasteiger partial charge in [0, 0.05) is 42.2 Å². The van der Waals surface area contributed by atoms with E-state index in [1.54, 1.807) is 13.2 Å². The van der Waals surface area contributed by atoms with Gasteiger partial charge in [0.1, 0.15) is 10.1 Å². The van der Waals surface area contributed by atoms with Gasteiger partial charge in [-0.2, -0.15) is 0 Å². The van der Waals surface area contributed by atoms with E-state index in [1.807, 2.05) is 18.2 Å². The Morgan fingerprint density at radius 2 is 2.09 bits per heavy atom. The minimum atomic E-state index is -0.417. The zero-order valence-corrected chi connectivity index (χ0v) is 21.6. The molecule has 1 N–H and O–H groups in total. The van der Waals surface area contributed by atoms with Crippen LogP contribution in [0.25, 0.3) is 10.2 Å². The molecule has 1 aliphatic heterocycles. The number of non-ortho nitro benzene ring substituents is 1. The summed E-state index contributed by atoms with van der Waals surface area (Å²) in [5, 5.41) is 14.0. The number of carbonyl (C=O) groups is 1. The highest BCUT2D eigenvalue weighted by Crippen LogP contribution is 2.35. The number of anilines is 1. The molecule has 3 aromatic rings. The number of likely N-dealkylation sites (tertiary alicyclic amines) is 1. The summed E-state index contributed by atoms with van der Waals surface area (Å²) in [6.45, 7) is 1.95. The molecule has 0 bridgehead atoms. The molecule has 1 saturated heterocycles. The summed E-state index contributed by atoms with van der Waals surface area (Å²) in [5.74, 6) is 1.28. The van der Waals surface area contributed by atoms with Gasteiger partial charge in [-0.05, 0) is 37.1 Å². The number of carbonyl (C=O) groups excluding carboxylic acids is 1. The van der Waals surface area contributed by atoms with Crippen LogP contribution in [-0.2, 0) is 10.5 Å². The minimum absolute atomic E-state index is 0.0282. The predicted molar refractivity (Wildman–Crippen MR) is 143 cm³/mol. The smallest absolute Gasteiger partial charge is 0.270 e. The first-order chi connectivity index (χ1) is 16.4. The number of ether oxygens (including phenoxy) is 1. The molecular weight excluding hydrogens is 513 g/mol. The second-order valence-corrected chi connectivity index (χ2v) is 11.4. The van der Waals surface area contributed by atoms with Crippen molar-refractivity contribution in [2.45, 2.75) is 22.9 Å². The van der Waals surface area contributed by atoms with Crippen LogP contribution in [0.4, 0.5) is 11.4 Å². The molecule has 12 heteroatoms. The Morgan fingerprint density at radius 1 is 1.29 bits per heavy atom. The number of amides is 1. The lowest BCUT2D eigenvalue weighted by molar-refractivity contribution is -0.384. The maximum Gasteiger partial charge on any atom is 0.270 e. The van der Waals surface area contributed by atoms with Crippen molar-refractivity contribution < 1.29 is 14.5 Å². The van der Waals surface area contributed by atoms with Gasteiger partial charge >= 0.3 is 0 Å². The van der Waals surface area contributed by atoms with E-state index in [0.29, 0.717) is 17.2 Å². The highest BCUT2D eigenvalue weighted by molar-refractivity contribution is 8.23. The average Bonchev–Trinajstić information content (AvgIpc) is 3.50. The number of rotatable bonds is 8. The van der Waals surface area contributed by atoms with Crippen molar-refractivity contribution in [1.29, 1.82) is 0 Å². The van der Waals surface area contributed by atoms with Crippen molar-refractivity contribution in [2.75, 3.05) is 31.3 Å². The number of fused-ring (bicyclic) bond motifs is 1. The molecule has 8 nitrogen and oxygen atoms in total. The van der Waals surface area contributed by atoms with Gasteiger partial charge in [0.25, 0.3) is 5.69 Å². The maximum absolute atomic E-state index is 12.4. The number of nitrogens with one attached hydrogen (secondary N) is 1. The Bertz CT molecular complexity index is 1230. The first kappa shape index (κ1) is 24.7. The van der Waals surface area contributed by atoms with Crippen LogP contribution in [0.2, 0.25) is 0 Å². The first-order valence-corrected chi connectivity index (χ1v) is 13.7. The van der Waals surface area contributed by atoms with Crippen LogP contribution < -0.4 is 10.1 Å². The molecule has 0 radical (unpaired) electrons. The molecule has 34 heavy (non-hydrogen) atoms. The summed E-state index contributed by atoms with van der Waals surface area (Å²) in [6, 6.07) is 10.2. The Kier molecular flexibility index (Phi) is 8.24. The van der Waals surface area contributed by atoms with Crippen LogP contribution >= 0.6 is 47.1 Å². The fourth-order valence-electron chi connectivity index (χ4n) is 3.49. The van der Waals surface area contributed by atoms with E-state index >= 15 is 0 Å². The van der Waals surface area contributed by atoms with Gasteiger partial charge in [0.05, 0.1) is 28.0 Å². The van der Waals surface area contributed by atoms with Gasteiger partial charge in [0.2, 0.25) is 5.91 Å². The Balaban J connectivity index is 1.36. The molecular formula is C22H22N4O4S4. The molecule has 2 aromatic carbocycles. The third-order valence-electron chi connectivity index (χ3n) is 5.17. The van der Waals surface area contributed by atoms with Crippen molar-refractivity contribution in [1.82, 2.24) is 9.88 Å². The van der Waals surface area contributed by atoms with Crippen LogP contribution in [0, 0.1) is 10.1 Å². The van der Waals surface area contributed by atoms with Crippen molar-refractivity contribution in [2.24, 2.45) is 0 Å². The summed E-state index contributed by atoms with van der Waals surface area (Å²) in [4.78, 5) is 29.8. The van der Waals surface area contributed by atoms with Crippen LogP contribution in [-0.4, -0.2) is 51.0 Å². The predicted octanol–water partition coefficient (Wildman–Crippen LogP) is 5.56. The highest BCUT2D eigenvalue weighted by atomic mass is 32.2. The van der Waals surface area contributed by atoms with Crippen LogP contribution in [0.15, 0.2) is 40.7 Å². The monoisotopic (exact) mass is 534 g/mol. The maximum atomic E-state index is 12.4. The SMILES string of the molecule is COc1ccc([N+](=O)[O-])cc1CSc1nc2ccc(NC(=O)CSC(=S)N3CCCC3)cc2s1. The summed E-state index contributed by atoms with van der Waals surface area (Å²) >= 11 is 9.81. The number of hydrogen-bond donors (Lipinski definition) is 1. The van der Waals surface area contributed by atoms with Crippen LogP contribution in [0.5, 0.6) is 5.75 Å². The molecule has 0 atom stereocenters. The summed E-state index contributed by atoms with van der Waals surface area (Å²) < 4.78 is 7.91. The second-order valence-electron chi connectivity index (χ2n) is 7.50. The van der Waals surface area contributed by atoms with E-state index in [9.17, 15) is 14.9 Å². The number of thiocarbonyl (C=S) groups is 1. The third kappa shape index (κ3) is 6.17. The van der Waals surface area contributed by atoms with Gasteiger partial charge in [-0.1, -0.05) is 35.7 Å². The number of thiazole rings is 1. The van der Waals surface area contributed by atoms with Crippen molar-refractivity contribution in [3.05, 3.63) is 52.1 Å². The van der Waals surface area contributed by atoms with Crippen molar-refractivity contribution in [3.63, 3.8) is 0 Å². The number of benzene rings is 2. The molecule has 2 heterocycles. The largest absolute Gasteiger partial charge is 0.496 e. The first-order valence-electron chi connectivity index (χ1n) is 10.5. The molecule has 0 aliphatic carbocycles. The summed E-state index contributed by atoms with van der Waals surface area (Å²) in [7, 11) is 1.54. The van der Waals surface area contributed by atoms with Crippen molar-refractivity contribution in [3.8, 4) is 5.75 Å². The topological polar surface area (TPSA) is 97.6 Å². The molecule has 0 spiro atoms. The number of hydrogen-bond acceptors (Lipinski definition) is 9. The van der Waals surface area contributed by atoms with Crippen molar-refractivity contribution >= 4 is 78.9 Å². The van der Waals surface area contributed by atoms with Gasteiger partial charge in [-0.3, -0.25) is 14.9 Å². The van der Waals surface area contributed by atoms with Gasteiger partial charge < -0.3 is 15.0 Å². The third-order valence-corrected chi connectivity index (χ3v) is 8.90. The molecule has 0 unspecified atom stereocenters. The molecule has 4 rings (SSSR count). The highest BCUT2D eigenvalue weighted by Gasteiger charge is 2.17. The molecule has 1 aliphatic rings. The number of aromatic nitrogens is 1. The van der Waals surface area contributed by atoms with E-state index in [-0.39, 0.29) is 17.3 Å². The number of nitro groups is 1. The van der Waals surface area contributed by atoms with Crippen LogP contribution in [0.1, 0.15) is 18.4 Å². The fraction of sp³-hybridized carbons (Fsp3) is 0.318. The fourth-order valence-corrected chi connectivity index (χ4v) is 6.63. The van der Waals surface area contributed by atoms with Gasteiger partial charge in [0.15, 0.2) is 4.34 Å². The van der Waals surface area contributed by atoms with E-state index in [2.05, 4.69) is 15.2 Å². The minimum Gasteiger partial charge on any atom is -0.496 e. The van der Waals surface area contributed by atoms with Crippen LogP contribution in [0.3, 0.4) is 0 Å². The Labute approximate surface area is 214 Å². The molecule has 178 valence electrons. The van der Waals surface area contributed by atoms with E-state index < -0.39 is 4.92 Å². The lowest BCUT2D eigenvalue weighted by Crippen LogP contribution is -2.25. The number of nitro benzene ring substituents is 1. The second kappa shape index (κ2) is 11.3. The molecule has 1 aromatic heterocycles. The summed E-state index contributed by atoms with van der Waals surface area (Å²) in [5.41, 5.74) is 2.31. The van der Waals surface area contributed by atoms with E-state index in [1.165, 1.54) is 47.0 Å². The standard InChI is InChI=1S/C22H22N4O4S4/c1-30-18-7-5-16(26(28)29)10-14(18)12-32-21-24-17-6-4-15(11-19(17)34-21)23-20(27)13-33-22(31)25-8-2-3-9-25/h4-7,10-11H,2-3,8-9,12-13H2,1H3,(H,23,27). The zero-order valence-electron chi connectivity index (χ0n) is 18.3. The zero-order chi connectivity index (χ0) is 24.1. The summed E-state index contributed by atoms with van der Waals surface area (Å²) in [6.07, 6.45) is 2.31. The normalized spacial score (nSPS) is 13.3. The van der Waals surface area contributed by atoms with Gasteiger partial charge in [-0.25, -0.2) is 4.98 Å². The lowest BCUT2D eigenvalue weighted by atomic mass is 10.2. The van der Waals surface area contributed by atoms with E-state index in [4.69, 9.17) is 17.0 Å². The average molecular weight is 535 g/mol. The molecule has 1 amide bonds. The molecule has 1 fully saturated rings. The lowest BCUT2D eigenvalue weighted by Gasteiger charge is -2.17. The number of thioether (sulfide) groups is 2. The number of nitrogens with zero attached hydrogens (tertiary/aromatic N) is 3. The number of methoxy groups -OCH3 is 1.